The van der Waals surface area contributed by atoms with Gasteiger partial charge in [-0.3, -0.25) is 4.79 Å². The molecule has 0 saturated heterocycles. The minimum absolute atomic E-state index is 0.0123. The largest absolute Gasteiger partial charge is 0.352 e. The number of unbranched alkanes of at least 4 members (excludes halogenated alkanes) is 5. The van der Waals surface area contributed by atoms with Gasteiger partial charge in [0.25, 0.3) is 5.91 Å². The van der Waals surface area contributed by atoms with Crippen LogP contribution in [0, 0.1) is 6.92 Å². The monoisotopic (exact) mass is 391 g/mol. The van der Waals surface area contributed by atoms with Gasteiger partial charge in [-0.05, 0) is 37.1 Å². The molecule has 4 nitrogen and oxygen atoms in total. The maximum absolute atomic E-state index is 12.5. The maximum atomic E-state index is 12.5. The number of imidazole rings is 1. The summed E-state index contributed by atoms with van der Waals surface area (Å²) in [6, 6.07) is 16.0. The van der Waals surface area contributed by atoms with Gasteiger partial charge in [0.2, 0.25) is 0 Å². The molecule has 0 saturated carbocycles. The van der Waals surface area contributed by atoms with Crippen LogP contribution in [0.5, 0.6) is 0 Å². The Labute approximate surface area is 174 Å². The third-order valence-electron chi connectivity index (χ3n) is 5.49. The summed E-state index contributed by atoms with van der Waals surface area (Å²) in [6.07, 6.45) is 8.43. The number of nitrogens with one attached hydrogen (secondary N) is 1. The van der Waals surface area contributed by atoms with E-state index in [0.717, 1.165) is 35.4 Å². The van der Waals surface area contributed by atoms with Crippen molar-refractivity contribution in [2.45, 2.75) is 65.3 Å². The van der Waals surface area contributed by atoms with Crippen LogP contribution in [0.15, 0.2) is 48.5 Å². The van der Waals surface area contributed by atoms with Crippen molar-refractivity contribution < 1.29 is 4.79 Å². The Morgan fingerprint density at radius 2 is 1.69 bits per heavy atom. The molecule has 0 aliphatic carbocycles. The molecule has 1 aromatic heterocycles. The van der Waals surface area contributed by atoms with E-state index in [9.17, 15) is 4.79 Å². The number of rotatable bonds is 11. The van der Waals surface area contributed by atoms with Crippen LogP contribution < -0.4 is 5.32 Å². The molecule has 0 bridgehead atoms. The van der Waals surface area contributed by atoms with Gasteiger partial charge < -0.3 is 9.88 Å². The number of carbonyl (C=O) groups is 1. The number of aromatic nitrogens is 2. The van der Waals surface area contributed by atoms with Gasteiger partial charge in [-0.15, -0.1) is 0 Å². The van der Waals surface area contributed by atoms with Gasteiger partial charge in [0.15, 0.2) is 0 Å². The first kappa shape index (κ1) is 21.1. The van der Waals surface area contributed by atoms with Crippen molar-refractivity contribution in [2.75, 3.05) is 6.54 Å². The number of carbonyl (C=O) groups excluding carboxylic acids is 1. The van der Waals surface area contributed by atoms with Crippen LogP contribution in [0.4, 0.5) is 0 Å². The molecule has 3 aromatic rings. The van der Waals surface area contributed by atoms with Crippen LogP contribution in [-0.2, 0) is 13.0 Å². The highest BCUT2D eigenvalue weighted by molar-refractivity contribution is 5.95. The maximum Gasteiger partial charge on any atom is 0.251 e. The molecular weight excluding hydrogens is 358 g/mol. The third kappa shape index (κ3) is 5.69. The van der Waals surface area contributed by atoms with Gasteiger partial charge in [-0.2, -0.15) is 0 Å². The van der Waals surface area contributed by atoms with E-state index in [1.165, 1.54) is 44.0 Å². The first-order valence-electron chi connectivity index (χ1n) is 11.0. The van der Waals surface area contributed by atoms with Gasteiger partial charge >= 0.3 is 0 Å². The summed E-state index contributed by atoms with van der Waals surface area (Å²) in [4.78, 5) is 17.3. The van der Waals surface area contributed by atoms with E-state index in [4.69, 9.17) is 4.98 Å². The average molecular weight is 392 g/mol. The van der Waals surface area contributed by atoms with Crippen molar-refractivity contribution in [3.63, 3.8) is 0 Å². The molecule has 3 rings (SSSR count). The van der Waals surface area contributed by atoms with Crippen molar-refractivity contribution >= 4 is 16.9 Å². The highest BCUT2D eigenvalue weighted by Crippen LogP contribution is 2.18. The van der Waals surface area contributed by atoms with E-state index in [1.807, 2.05) is 37.3 Å². The summed E-state index contributed by atoms with van der Waals surface area (Å²) in [6.45, 7) is 5.80. The predicted octanol–water partition coefficient (Wildman–Crippen LogP) is 5.68. The van der Waals surface area contributed by atoms with Crippen molar-refractivity contribution in [1.82, 2.24) is 14.9 Å². The van der Waals surface area contributed by atoms with Crippen molar-refractivity contribution in [3.8, 4) is 0 Å². The standard InChI is InChI=1S/C25H33N3O/c1-3-4-5-6-7-12-19-28-23-16-11-10-15-22(23)27-24(28)17-18-26-25(29)21-14-9-8-13-20(21)2/h8-11,13-16H,3-7,12,17-19H2,1-2H3,(H,26,29). The number of aryl methyl sites for hydroxylation is 2. The lowest BCUT2D eigenvalue weighted by atomic mass is 10.1. The number of hydrogen-bond donors (Lipinski definition) is 1. The second kappa shape index (κ2) is 10.8. The van der Waals surface area contributed by atoms with Crippen LogP contribution >= 0.6 is 0 Å². The van der Waals surface area contributed by atoms with Gasteiger partial charge in [0.05, 0.1) is 11.0 Å². The van der Waals surface area contributed by atoms with E-state index in [2.05, 4.69) is 35.0 Å². The molecule has 1 N–H and O–H groups in total. The van der Waals surface area contributed by atoms with E-state index in [1.54, 1.807) is 0 Å². The molecule has 29 heavy (non-hydrogen) atoms. The Bertz CT molecular complexity index is 929. The zero-order chi connectivity index (χ0) is 20.5. The lowest BCUT2D eigenvalue weighted by Crippen LogP contribution is -2.27. The highest BCUT2D eigenvalue weighted by Gasteiger charge is 2.12. The minimum Gasteiger partial charge on any atom is -0.352 e. The topological polar surface area (TPSA) is 46.9 Å². The first-order valence-corrected chi connectivity index (χ1v) is 11.0. The second-order valence-electron chi connectivity index (χ2n) is 7.76. The molecule has 0 aliphatic rings. The Hall–Kier alpha value is -2.62. The number of para-hydroxylation sites is 2. The van der Waals surface area contributed by atoms with Crippen LogP contribution in [0.3, 0.4) is 0 Å². The fraction of sp³-hybridized carbons (Fsp3) is 0.440. The molecule has 0 unspecified atom stereocenters. The lowest BCUT2D eigenvalue weighted by Gasteiger charge is -2.11. The molecule has 0 atom stereocenters. The summed E-state index contributed by atoms with van der Waals surface area (Å²) in [5, 5.41) is 3.06. The smallest absolute Gasteiger partial charge is 0.251 e. The van der Waals surface area contributed by atoms with E-state index >= 15 is 0 Å². The molecule has 0 fully saturated rings. The average Bonchev–Trinajstić information content (AvgIpc) is 3.08. The van der Waals surface area contributed by atoms with Crippen LogP contribution in [0.25, 0.3) is 11.0 Å². The second-order valence-corrected chi connectivity index (χ2v) is 7.76. The van der Waals surface area contributed by atoms with Crippen molar-refractivity contribution in [1.29, 1.82) is 0 Å². The SMILES string of the molecule is CCCCCCCCn1c(CCNC(=O)c2ccccc2C)nc2ccccc21. The highest BCUT2D eigenvalue weighted by atomic mass is 16.1. The predicted molar refractivity (Wildman–Crippen MR) is 120 cm³/mol. The van der Waals surface area contributed by atoms with Gasteiger partial charge in [-0.25, -0.2) is 4.98 Å². The van der Waals surface area contributed by atoms with E-state index < -0.39 is 0 Å². The lowest BCUT2D eigenvalue weighted by molar-refractivity contribution is 0.0953. The Kier molecular flexibility index (Phi) is 7.85. The first-order chi connectivity index (χ1) is 14.2. The Morgan fingerprint density at radius 1 is 0.966 bits per heavy atom. The van der Waals surface area contributed by atoms with Crippen molar-refractivity contribution in [3.05, 3.63) is 65.5 Å². The molecule has 154 valence electrons. The molecule has 2 aromatic carbocycles. The van der Waals surface area contributed by atoms with Gasteiger partial charge in [0.1, 0.15) is 5.82 Å². The van der Waals surface area contributed by atoms with Crippen LogP contribution in [-0.4, -0.2) is 22.0 Å². The summed E-state index contributed by atoms with van der Waals surface area (Å²) in [7, 11) is 0. The molecule has 4 heteroatoms. The van der Waals surface area contributed by atoms with Crippen molar-refractivity contribution in [2.24, 2.45) is 0 Å². The molecule has 1 heterocycles. The number of nitrogens with zero attached hydrogens (tertiary/aromatic N) is 2. The normalized spacial score (nSPS) is 11.1. The zero-order valence-corrected chi connectivity index (χ0v) is 17.8. The Morgan fingerprint density at radius 3 is 2.52 bits per heavy atom. The fourth-order valence-corrected chi connectivity index (χ4v) is 3.83. The summed E-state index contributed by atoms with van der Waals surface area (Å²) >= 11 is 0. The third-order valence-corrected chi connectivity index (χ3v) is 5.49. The number of amides is 1. The Balaban J connectivity index is 1.61. The van der Waals surface area contributed by atoms with Gasteiger partial charge in [0, 0.05) is 25.1 Å². The fourth-order valence-electron chi connectivity index (χ4n) is 3.83. The summed E-state index contributed by atoms with van der Waals surface area (Å²) < 4.78 is 2.34. The summed E-state index contributed by atoms with van der Waals surface area (Å²) in [5.41, 5.74) is 3.98. The number of hydrogen-bond acceptors (Lipinski definition) is 2. The molecule has 1 amide bonds. The molecule has 0 spiro atoms. The van der Waals surface area contributed by atoms with E-state index in [0.29, 0.717) is 6.54 Å². The van der Waals surface area contributed by atoms with Gasteiger partial charge in [-0.1, -0.05) is 69.4 Å². The van der Waals surface area contributed by atoms with Crippen LogP contribution in [0.2, 0.25) is 0 Å². The molecule has 0 aliphatic heterocycles. The molecule has 0 radical (unpaired) electrons. The zero-order valence-electron chi connectivity index (χ0n) is 17.8. The van der Waals surface area contributed by atoms with Crippen LogP contribution in [0.1, 0.15) is 67.2 Å². The quantitative estimate of drug-likeness (QED) is 0.428. The number of fused-ring (bicyclic) bond motifs is 1. The summed E-state index contributed by atoms with van der Waals surface area (Å²) in [5.74, 6) is 1.05. The van der Waals surface area contributed by atoms with E-state index in [-0.39, 0.29) is 5.91 Å². The number of benzene rings is 2. The minimum atomic E-state index is -0.0123. The molecular formula is C25H33N3O.